The van der Waals surface area contributed by atoms with Crippen LogP contribution < -0.4 is 20.1 Å². The molecule has 0 unspecified atom stereocenters. The smallest absolute Gasteiger partial charge is 0.156 e. The van der Waals surface area contributed by atoms with E-state index < -0.39 is 0 Å². The van der Waals surface area contributed by atoms with Gasteiger partial charge >= 0.3 is 0 Å². The third-order valence-electron chi connectivity index (χ3n) is 4.87. The van der Waals surface area contributed by atoms with E-state index >= 15 is 0 Å². The van der Waals surface area contributed by atoms with E-state index in [0.29, 0.717) is 0 Å². The summed E-state index contributed by atoms with van der Waals surface area (Å²) in [5.74, 6) is 5.30. The number of pyridine rings is 2. The first kappa shape index (κ1) is 31.5. The fourth-order valence-corrected chi connectivity index (χ4v) is 5.59. The van der Waals surface area contributed by atoms with Crippen molar-refractivity contribution in [3.8, 4) is 11.5 Å². The lowest BCUT2D eigenvalue weighted by atomic mass is 10.3. The second kappa shape index (κ2) is 20.2. The van der Waals surface area contributed by atoms with E-state index in [9.17, 15) is 0 Å². The van der Waals surface area contributed by atoms with Crippen LogP contribution in [0.1, 0.15) is 17.8 Å². The second-order valence-electron chi connectivity index (χ2n) is 7.40. The first-order valence-electron chi connectivity index (χ1n) is 12.0. The Morgan fingerprint density at radius 3 is 1.65 bits per heavy atom. The number of ether oxygens (including phenoxy) is 2. The van der Waals surface area contributed by atoms with Crippen LogP contribution in [0.3, 0.4) is 0 Å². The minimum absolute atomic E-state index is 0.758. The molecule has 12 heteroatoms. The van der Waals surface area contributed by atoms with Gasteiger partial charge in [0.25, 0.3) is 0 Å². The van der Waals surface area contributed by atoms with Gasteiger partial charge in [0.15, 0.2) is 10.3 Å². The third-order valence-corrected chi connectivity index (χ3v) is 8.13. The van der Waals surface area contributed by atoms with Crippen molar-refractivity contribution in [3.05, 3.63) is 48.0 Å². The number of hydrogen-bond acceptors (Lipinski definition) is 10. The molecule has 0 amide bonds. The molecule has 0 spiro atoms. The largest absolute Gasteiger partial charge is 0.495 e. The lowest BCUT2D eigenvalue weighted by Crippen LogP contribution is -2.24. The van der Waals surface area contributed by atoms with Crippen LogP contribution in [0.5, 0.6) is 11.5 Å². The Balaban J connectivity index is 1.57. The molecule has 0 aliphatic heterocycles. The number of rotatable bonds is 16. The van der Waals surface area contributed by atoms with E-state index in [4.69, 9.17) is 9.47 Å². The molecule has 0 fully saturated rings. The minimum atomic E-state index is 0.758. The summed E-state index contributed by atoms with van der Waals surface area (Å²) in [6.45, 7) is 3.25. The maximum atomic E-state index is 5.36. The first-order valence-corrected chi connectivity index (χ1v) is 16.7. The van der Waals surface area contributed by atoms with Crippen molar-refractivity contribution in [2.45, 2.75) is 17.9 Å². The van der Waals surface area contributed by atoms with Gasteiger partial charge in [-0.1, -0.05) is 23.5 Å². The number of nitrogens with zero attached hydrogens (tertiary/aromatic N) is 4. The fraction of sp³-hybridized carbons (Fsp3) is 0.520. The molecule has 0 saturated carbocycles. The molecule has 0 atom stereocenters. The fourth-order valence-electron chi connectivity index (χ4n) is 3.05. The van der Waals surface area contributed by atoms with Gasteiger partial charge in [-0.3, -0.25) is 20.0 Å². The Kier molecular flexibility index (Phi) is 17.2. The highest BCUT2D eigenvalue weighted by atomic mass is 32.2. The molecule has 0 aliphatic carbocycles. The van der Waals surface area contributed by atoms with Gasteiger partial charge in [-0.05, 0) is 43.2 Å². The Morgan fingerprint density at radius 2 is 1.24 bits per heavy atom. The van der Waals surface area contributed by atoms with Crippen molar-refractivity contribution >= 4 is 57.4 Å². The topological polar surface area (TPSA) is 93.0 Å². The normalized spacial score (nSPS) is 11.9. The molecule has 204 valence electrons. The monoisotopic (exact) mass is 582 g/mol. The summed E-state index contributed by atoms with van der Waals surface area (Å²) in [6, 6.07) is 7.68. The summed E-state index contributed by atoms with van der Waals surface area (Å²) in [5.41, 5.74) is 1.97. The number of aromatic nitrogens is 2. The summed E-state index contributed by atoms with van der Waals surface area (Å²) >= 11 is 6.95. The zero-order valence-corrected chi connectivity index (χ0v) is 25.3. The van der Waals surface area contributed by atoms with Crippen LogP contribution in [0, 0.1) is 0 Å². The Labute approximate surface area is 238 Å². The van der Waals surface area contributed by atoms with Crippen LogP contribution in [0.25, 0.3) is 0 Å². The molecule has 0 aromatic carbocycles. The first-order chi connectivity index (χ1) is 18.2. The van der Waals surface area contributed by atoms with Crippen LogP contribution in [-0.4, -0.2) is 84.7 Å². The van der Waals surface area contributed by atoms with E-state index in [2.05, 4.69) is 30.6 Å². The highest BCUT2D eigenvalue weighted by molar-refractivity contribution is 8.13. The van der Waals surface area contributed by atoms with Crippen molar-refractivity contribution in [2.24, 2.45) is 9.98 Å². The highest BCUT2D eigenvalue weighted by Crippen LogP contribution is 2.21. The average Bonchev–Trinajstić information content (AvgIpc) is 2.94. The number of hydrogen-bond donors (Lipinski definition) is 2. The highest BCUT2D eigenvalue weighted by Gasteiger charge is 2.05. The quantitative estimate of drug-likeness (QED) is 0.165. The van der Waals surface area contributed by atoms with Gasteiger partial charge in [0, 0.05) is 61.6 Å². The van der Waals surface area contributed by atoms with Crippen molar-refractivity contribution in [1.82, 2.24) is 20.6 Å². The molecule has 2 N–H and O–H groups in total. The molecular formula is C25H38N6O2S4. The Morgan fingerprint density at radius 1 is 0.784 bits per heavy atom. The maximum absolute atomic E-state index is 5.36. The molecular weight excluding hydrogens is 545 g/mol. The summed E-state index contributed by atoms with van der Waals surface area (Å²) in [6.07, 6.45) is 8.62. The van der Waals surface area contributed by atoms with E-state index in [1.807, 2.05) is 60.3 Å². The number of nitrogens with one attached hydrogen (secondary N) is 2. The predicted octanol–water partition coefficient (Wildman–Crippen LogP) is 4.67. The minimum Gasteiger partial charge on any atom is -0.495 e. The molecule has 2 heterocycles. The van der Waals surface area contributed by atoms with Crippen LogP contribution in [0.4, 0.5) is 0 Å². The molecule has 2 aromatic heterocycles. The molecule has 0 aliphatic rings. The van der Waals surface area contributed by atoms with E-state index in [1.54, 1.807) is 50.1 Å². The SMILES string of the molecule is COc1cccnc1CSCCNC(=NCCCN=C(NCCSCc1ncccc1OC)SC)SC. The van der Waals surface area contributed by atoms with Gasteiger partial charge in [0.05, 0.1) is 25.6 Å². The van der Waals surface area contributed by atoms with E-state index in [0.717, 1.165) is 88.8 Å². The molecule has 37 heavy (non-hydrogen) atoms. The molecule has 2 aromatic rings. The van der Waals surface area contributed by atoms with Gasteiger partial charge in [-0.25, -0.2) is 0 Å². The summed E-state index contributed by atoms with van der Waals surface area (Å²) in [7, 11) is 3.36. The molecule has 8 nitrogen and oxygen atoms in total. The predicted molar refractivity (Wildman–Crippen MR) is 166 cm³/mol. The second-order valence-corrected chi connectivity index (χ2v) is 11.2. The van der Waals surface area contributed by atoms with Crippen molar-refractivity contribution in [2.75, 3.05) is 64.4 Å². The van der Waals surface area contributed by atoms with Gasteiger partial charge in [0.2, 0.25) is 0 Å². The van der Waals surface area contributed by atoms with Gasteiger partial charge in [0.1, 0.15) is 11.5 Å². The standard InChI is InChI=1S/C25H38N6O2S4/c1-32-22-8-5-10-26-20(22)18-36-16-14-30-24(34-3)28-12-7-13-29-25(35-4)31-15-17-37-19-21-23(33-2)9-6-11-27-21/h5-6,8-11H,7,12-19H2,1-4H3,(H,28,30)(H,29,31). The number of amidine groups is 2. The molecule has 0 saturated heterocycles. The summed E-state index contributed by atoms with van der Waals surface area (Å²) < 4.78 is 10.7. The molecule has 0 radical (unpaired) electrons. The van der Waals surface area contributed by atoms with Crippen LogP contribution in [0.15, 0.2) is 46.6 Å². The molecule has 2 rings (SSSR count). The lowest BCUT2D eigenvalue weighted by Gasteiger charge is -2.09. The Bertz CT molecular complexity index is 889. The third kappa shape index (κ3) is 13.0. The lowest BCUT2D eigenvalue weighted by molar-refractivity contribution is 0.409. The van der Waals surface area contributed by atoms with Crippen LogP contribution in [-0.2, 0) is 11.5 Å². The van der Waals surface area contributed by atoms with Crippen LogP contribution >= 0.6 is 47.0 Å². The summed E-state index contributed by atoms with van der Waals surface area (Å²) in [4.78, 5) is 18.2. The number of methoxy groups -OCH3 is 2. The zero-order valence-electron chi connectivity index (χ0n) is 22.1. The number of aliphatic imine (C=N–C) groups is 2. The zero-order chi connectivity index (χ0) is 26.6. The van der Waals surface area contributed by atoms with Gasteiger partial charge < -0.3 is 20.1 Å². The van der Waals surface area contributed by atoms with Crippen molar-refractivity contribution in [3.63, 3.8) is 0 Å². The maximum Gasteiger partial charge on any atom is 0.156 e. The molecule has 0 bridgehead atoms. The van der Waals surface area contributed by atoms with Gasteiger partial charge in [-0.2, -0.15) is 23.5 Å². The van der Waals surface area contributed by atoms with Crippen molar-refractivity contribution < 1.29 is 9.47 Å². The number of thioether (sulfide) groups is 4. The summed E-state index contributed by atoms with van der Waals surface area (Å²) in [5, 5.41) is 8.81. The van der Waals surface area contributed by atoms with Crippen LogP contribution in [0.2, 0.25) is 0 Å². The van der Waals surface area contributed by atoms with Gasteiger partial charge in [-0.15, -0.1) is 0 Å². The van der Waals surface area contributed by atoms with E-state index in [-0.39, 0.29) is 0 Å². The average molecular weight is 583 g/mol. The van der Waals surface area contributed by atoms with Crippen molar-refractivity contribution in [1.29, 1.82) is 0 Å². The van der Waals surface area contributed by atoms with E-state index in [1.165, 1.54) is 0 Å². The Hall–Kier alpha value is -1.76.